The van der Waals surface area contributed by atoms with Gasteiger partial charge in [0.2, 0.25) is 0 Å². The number of amidine groups is 1. The molecule has 0 aromatic heterocycles. The summed E-state index contributed by atoms with van der Waals surface area (Å²) in [7, 11) is 0. The Balaban J connectivity index is 1.82. The molecule has 1 N–H and O–H groups in total. The topological polar surface area (TPSA) is 59.9 Å². The molecule has 0 saturated heterocycles. The van der Waals surface area contributed by atoms with Crippen molar-refractivity contribution in [1.29, 1.82) is 0 Å². The van der Waals surface area contributed by atoms with Crippen molar-refractivity contribution in [3.8, 4) is 5.75 Å². The van der Waals surface area contributed by atoms with Crippen molar-refractivity contribution < 1.29 is 18.8 Å². The van der Waals surface area contributed by atoms with E-state index in [0.717, 1.165) is 0 Å². The number of halogens is 2. The Morgan fingerprint density at radius 1 is 1.55 bits per heavy atom. The van der Waals surface area contributed by atoms with E-state index in [9.17, 15) is 9.18 Å². The summed E-state index contributed by atoms with van der Waals surface area (Å²) in [6.07, 6.45) is 1.49. The van der Waals surface area contributed by atoms with Crippen molar-refractivity contribution in [3.63, 3.8) is 0 Å². The van der Waals surface area contributed by atoms with Crippen LogP contribution in [0.1, 0.15) is 26.7 Å². The van der Waals surface area contributed by atoms with Gasteiger partial charge >= 0.3 is 0 Å². The molecule has 1 amide bonds. The van der Waals surface area contributed by atoms with Crippen LogP contribution < -0.4 is 10.1 Å². The molecule has 1 fully saturated rings. The molecule has 120 valence electrons. The molecule has 7 heteroatoms. The van der Waals surface area contributed by atoms with Crippen LogP contribution in [0.4, 0.5) is 4.39 Å². The average Bonchev–Trinajstić information content (AvgIpc) is 3.26. The van der Waals surface area contributed by atoms with Gasteiger partial charge in [0.05, 0.1) is 0 Å². The summed E-state index contributed by atoms with van der Waals surface area (Å²) in [6, 6.07) is 4.38. The first-order chi connectivity index (χ1) is 10.5. The quantitative estimate of drug-likeness (QED) is 0.473. The number of hydrogen-bond acceptors (Lipinski definition) is 4. The first-order valence-electron chi connectivity index (χ1n) is 7.05. The third-order valence-electron chi connectivity index (χ3n) is 3.08. The summed E-state index contributed by atoms with van der Waals surface area (Å²) in [5, 5.41) is 6.37. The average molecular weight is 373 g/mol. The van der Waals surface area contributed by atoms with Gasteiger partial charge < -0.3 is 14.9 Å². The predicted molar refractivity (Wildman–Crippen MR) is 84.1 cm³/mol. The number of benzene rings is 1. The van der Waals surface area contributed by atoms with Gasteiger partial charge in [0.1, 0.15) is 12.4 Å². The third-order valence-corrected chi connectivity index (χ3v) is 3.57. The van der Waals surface area contributed by atoms with E-state index in [0.29, 0.717) is 22.8 Å². The minimum Gasteiger partial charge on any atom is -0.478 e. The lowest BCUT2D eigenvalue weighted by Gasteiger charge is -2.15. The van der Waals surface area contributed by atoms with Gasteiger partial charge in [0.25, 0.3) is 5.91 Å². The molecule has 5 nitrogen and oxygen atoms in total. The number of rotatable bonds is 6. The highest BCUT2D eigenvalue weighted by atomic mass is 79.9. The van der Waals surface area contributed by atoms with Gasteiger partial charge in [0, 0.05) is 4.47 Å². The molecule has 0 heterocycles. The summed E-state index contributed by atoms with van der Waals surface area (Å²) in [5.74, 6) is 0.00321. The van der Waals surface area contributed by atoms with Crippen molar-refractivity contribution >= 4 is 27.7 Å². The monoisotopic (exact) mass is 372 g/mol. The van der Waals surface area contributed by atoms with Crippen molar-refractivity contribution in [2.45, 2.75) is 32.8 Å². The van der Waals surface area contributed by atoms with Gasteiger partial charge in [-0.1, -0.05) is 21.1 Å². The first kappa shape index (κ1) is 16.7. The highest BCUT2D eigenvalue weighted by Gasteiger charge is 2.22. The summed E-state index contributed by atoms with van der Waals surface area (Å²) < 4.78 is 19.6. The number of ether oxygens (including phenoxy) is 1. The van der Waals surface area contributed by atoms with Crippen LogP contribution in [0.3, 0.4) is 0 Å². The molecule has 2 rings (SSSR count). The van der Waals surface area contributed by atoms with E-state index in [1.807, 2.05) is 0 Å². The molecule has 1 saturated carbocycles. The number of oxime groups is 1. The third kappa shape index (κ3) is 5.29. The molecule has 1 atom stereocenters. The van der Waals surface area contributed by atoms with Crippen molar-refractivity contribution in [2.24, 2.45) is 11.1 Å². The van der Waals surface area contributed by atoms with Crippen LogP contribution in [-0.2, 0) is 9.63 Å². The Labute approximate surface area is 137 Å². The zero-order valence-electron chi connectivity index (χ0n) is 12.4. The second kappa shape index (κ2) is 7.58. The Morgan fingerprint density at radius 2 is 2.27 bits per heavy atom. The number of nitrogens with zero attached hydrogens (tertiary/aromatic N) is 1. The summed E-state index contributed by atoms with van der Waals surface area (Å²) in [5.41, 5.74) is 0. The molecule has 0 spiro atoms. The van der Waals surface area contributed by atoms with E-state index >= 15 is 0 Å². The van der Waals surface area contributed by atoms with Gasteiger partial charge in [-0.3, -0.25) is 4.79 Å². The van der Waals surface area contributed by atoms with Crippen LogP contribution in [0.5, 0.6) is 5.75 Å². The first-order valence-corrected chi connectivity index (χ1v) is 7.84. The smallest absolute Gasteiger partial charge is 0.266 e. The Morgan fingerprint density at radius 3 is 2.91 bits per heavy atom. The van der Waals surface area contributed by atoms with Crippen LogP contribution >= 0.6 is 15.9 Å². The minimum atomic E-state index is -0.857. The number of carbonyl (C=O) groups is 1. The van der Waals surface area contributed by atoms with E-state index in [1.165, 1.54) is 31.9 Å². The lowest BCUT2D eigenvalue weighted by Crippen LogP contribution is -2.39. The lowest BCUT2D eigenvalue weighted by molar-refractivity contribution is -0.125. The van der Waals surface area contributed by atoms with E-state index in [-0.39, 0.29) is 5.75 Å². The van der Waals surface area contributed by atoms with Crippen molar-refractivity contribution in [3.05, 3.63) is 28.5 Å². The number of amides is 1. The molecular formula is C15H18BrFN2O3. The number of carbonyl (C=O) groups excluding carboxylic acids is 1. The maximum absolute atomic E-state index is 13.7. The maximum Gasteiger partial charge on any atom is 0.266 e. The fourth-order valence-corrected chi connectivity index (χ4v) is 1.97. The van der Waals surface area contributed by atoms with Crippen molar-refractivity contribution in [1.82, 2.24) is 5.32 Å². The van der Waals surface area contributed by atoms with Crippen LogP contribution in [0.2, 0.25) is 0 Å². The van der Waals surface area contributed by atoms with E-state index < -0.39 is 17.8 Å². The molecule has 0 aliphatic heterocycles. The second-order valence-corrected chi connectivity index (χ2v) is 6.16. The molecule has 0 bridgehead atoms. The fraction of sp³-hybridized carbons (Fsp3) is 0.467. The Bertz CT molecular complexity index is 576. The molecule has 1 aromatic rings. The molecule has 0 radical (unpaired) electrons. The van der Waals surface area contributed by atoms with E-state index in [4.69, 9.17) is 9.57 Å². The van der Waals surface area contributed by atoms with Crippen LogP contribution in [0.25, 0.3) is 0 Å². The van der Waals surface area contributed by atoms with Crippen LogP contribution in [0, 0.1) is 11.7 Å². The zero-order chi connectivity index (χ0) is 16.1. The maximum atomic E-state index is 13.7. The van der Waals surface area contributed by atoms with Crippen LogP contribution in [-0.4, -0.2) is 24.5 Å². The summed E-state index contributed by atoms with van der Waals surface area (Å²) in [4.78, 5) is 17.1. The molecule has 1 aromatic carbocycles. The predicted octanol–water partition coefficient (Wildman–Crippen LogP) is 3.23. The summed E-state index contributed by atoms with van der Waals surface area (Å²) >= 11 is 3.16. The van der Waals surface area contributed by atoms with Gasteiger partial charge in [-0.05, 0) is 50.8 Å². The van der Waals surface area contributed by atoms with Gasteiger partial charge in [0.15, 0.2) is 17.7 Å². The normalized spacial score (nSPS) is 16.1. The molecule has 1 aliphatic rings. The Hall–Kier alpha value is -1.63. The fourth-order valence-electron chi connectivity index (χ4n) is 1.64. The van der Waals surface area contributed by atoms with Crippen LogP contribution in [0.15, 0.2) is 27.8 Å². The molecule has 0 unspecified atom stereocenters. The highest BCUT2D eigenvalue weighted by Crippen LogP contribution is 2.28. The molecular weight excluding hydrogens is 355 g/mol. The van der Waals surface area contributed by atoms with Crippen molar-refractivity contribution in [2.75, 3.05) is 6.61 Å². The van der Waals surface area contributed by atoms with Gasteiger partial charge in [-0.2, -0.15) is 0 Å². The van der Waals surface area contributed by atoms with E-state index in [2.05, 4.69) is 26.4 Å². The number of nitrogens with one attached hydrogen (secondary N) is 1. The second-order valence-electron chi connectivity index (χ2n) is 5.24. The largest absolute Gasteiger partial charge is 0.478 e. The van der Waals surface area contributed by atoms with E-state index in [1.54, 1.807) is 13.0 Å². The minimum absolute atomic E-state index is 0.0189. The standard InChI is InChI=1S/C15H18BrFN2O3/c1-9(22-14-6-5-12(16)7-13(14)17)15(20)18-10(2)19-21-8-11-3-4-11/h5-7,9,11H,3-4,8H2,1-2H3,(H,18,19,20)/t9-/m0/s1. The lowest BCUT2D eigenvalue weighted by atomic mass is 10.3. The Kier molecular flexibility index (Phi) is 5.76. The number of hydrogen-bond donors (Lipinski definition) is 1. The highest BCUT2D eigenvalue weighted by molar-refractivity contribution is 9.10. The SMILES string of the molecule is CC(=NOCC1CC1)NC(=O)[C@H](C)Oc1ccc(Br)cc1F. The molecule has 1 aliphatic carbocycles. The zero-order valence-corrected chi connectivity index (χ0v) is 14.0. The summed E-state index contributed by atoms with van der Waals surface area (Å²) in [6.45, 7) is 3.73. The van der Waals surface area contributed by atoms with Gasteiger partial charge in [-0.25, -0.2) is 4.39 Å². The van der Waals surface area contributed by atoms with Gasteiger partial charge in [-0.15, -0.1) is 0 Å². The molecule has 22 heavy (non-hydrogen) atoms.